The first kappa shape index (κ1) is 16.4. The van der Waals surface area contributed by atoms with Crippen LogP contribution in [0.1, 0.15) is 5.56 Å². The summed E-state index contributed by atoms with van der Waals surface area (Å²) in [5, 5.41) is 0. The van der Waals surface area contributed by atoms with Crippen LogP contribution in [0.25, 0.3) is 0 Å². The Labute approximate surface area is 108 Å². The lowest BCUT2D eigenvalue weighted by Crippen LogP contribution is -2.24. The Kier molecular flexibility index (Phi) is 6.67. The summed E-state index contributed by atoms with van der Waals surface area (Å²) in [7, 11) is 0. The Morgan fingerprint density at radius 3 is 2.18 bits per heavy atom. The van der Waals surface area contributed by atoms with Gasteiger partial charge in [0, 0.05) is 11.9 Å². The van der Waals surface area contributed by atoms with E-state index in [2.05, 4.69) is 4.74 Å². The Morgan fingerprint density at radius 2 is 1.76 bits per heavy atom. The molecule has 2 N–H and O–H groups in total. The minimum absolute atomic E-state index is 0. The quantitative estimate of drug-likeness (QED) is 0.865. The molecule has 7 heteroatoms. The number of halogens is 5. The molecule has 1 aromatic carbocycles. The van der Waals surface area contributed by atoms with Crippen LogP contribution < -0.4 is 10.5 Å². The highest BCUT2D eigenvalue weighted by Crippen LogP contribution is 2.22. The van der Waals surface area contributed by atoms with E-state index in [0.717, 1.165) is 5.56 Å². The smallest absolute Gasteiger partial charge is 0.406 e. The van der Waals surface area contributed by atoms with Crippen LogP contribution >= 0.6 is 24.0 Å². The molecule has 0 spiro atoms. The van der Waals surface area contributed by atoms with Gasteiger partial charge in [0.2, 0.25) is 0 Å². The highest BCUT2D eigenvalue weighted by Gasteiger charge is 2.30. The number of hydrogen-bond donors (Lipinski definition) is 1. The topological polar surface area (TPSA) is 35.2 Å². The third-order valence-electron chi connectivity index (χ3n) is 1.85. The maximum Gasteiger partial charge on any atom is 0.573 e. The van der Waals surface area contributed by atoms with E-state index < -0.39 is 6.36 Å². The van der Waals surface area contributed by atoms with Crippen LogP contribution in [0, 0.1) is 0 Å². The molecule has 1 rings (SSSR count). The van der Waals surface area contributed by atoms with Crippen LogP contribution in [-0.4, -0.2) is 18.3 Å². The number of ether oxygens (including phenoxy) is 1. The molecule has 1 atom stereocenters. The van der Waals surface area contributed by atoms with E-state index >= 15 is 0 Å². The van der Waals surface area contributed by atoms with Crippen molar-refractivity contribution in [2.24, 2.45) is 5.73 Å². The molecule has 0 heterocycles. The number of rotatable bonds is 4. The standard InChI is InChI=1S/C10H11ClF3NO.ClH/c11-6-8(15)5-7-1-3-9(4-2-7)16-10(12,13)14;/h1-4,8H,5-6,15H2;1H. The summed E-state index contributed by atoms with van der Waals surface area (Å²) in [6.45, 7) is 0. The number of hydrogen-bond acceptors (Lipinski definition) is 2. The molecule has 1 unspecified atom stereocenters. The Hall–Kier alpha value is -0.650. The second-order valence-corrected chi connectivity index (χ2v) is 3.62. The van der Waals surface area contributed by atoms with Crippen LogP contribution in [0.3, 0.4) is 0 Å². The van der Waals surface area contributed by atoms with Gasteiger partial charge >= 0.3 is 6.36 Å². The molecule has 98 valence electrons. The maximum absolute atomic E-state index is 11.8. The fourth-order valence-electron chi connectivity index (χ4n) is 1.18. The van der Waals surface area contributed by atoms with Crippen molar-refractivity contribution in [3.63, 3.8) is 0 Å². The third-order valence-corrected chi connectivity index (χ3v) is 2.25. The van der Waals surface area contributed by atoms with Gasteiger partial charge in [-0.05, 0) is 24.1 Å². The zero-order valence-electron chi connectivity index (χ0n) is 8.71. The van der Waals surface area contributed by atoms with Gasteiger partial charge in [-0.1, -0.05) is 12.1 Å². The number of nitrogens with two attached hydrogens (primary N) is 1. The average Bonchev–Trinajstić information content (AvgIpc) is 2.18. The summed E-state index contributed by atoms with van der Waals surface area (Å²) < 4.78 is 39.3. The van der Waals surface area contributed by atoms with Crippen LogP contribution in [0.4, 0.5) is 13.2 Å². The van der Waals surface area contributed by atoms with Crippen molar-refractivity contribution in [2.75, 3.05) is 5.88 Å². The predicted molar refractivity (Wildman–Crippen MR) is 62.8 cm³/mol. The minimum atomic E-state index is -4.66. The fourth-order valence-corrected chi connectivity index (χ4v) is 1.29. The van der Waals surface area contributed by atoms with Crippen LogP contribution in [-0.2, 0) is 6.42 Å². The van der Waals surface area contributed by atoms with Crippen molar-refractivity contribution in [3.8, 4) is 5.75 Å². The summed E-state index contributed by atoms with van der Waals surface area (Å²) in [6, 6.07) is 5.38. The fraction of sp³-hybridized carbons (Fsp3) is 0.400. The monoisotopic (exact) mass is 289 g/mol. The molecule has 2 nitrogen and oxygen atoms in total. The first-order valence-electron chi connectivity index (χ1n) is 4.57. The molecule has 0 aliphatic heterocycles. The summed E-state index contributed by atoms with van der Waals surface area (Å²) in [5.74, 6) is 0.0663. The summed E-state index contributed by atoms with van der Waals surface area (Å²) in [5.41, 5.74) is 6.42. The zero-order chi connectivity index (χ0) is 12.2. The summed E-state index contributed by atoms with van der Waals surface area (Å²) in [6.07, 6.45) is -4.14. The molecule has 0 saturated heterocycles. The molecule has 0 fully saturated rings. The molecular weight excluding hydrogens is 278 g/mol. The summed E-state index contributed by atoms with van der Waals surface area (Å²) in [4.78, 5) is 0. The van der Waals surface area contributed by atoms with Gasteiger partial charge in [0.25, 0.3) is 0 Å². The van der Waals surface area contributed by atoms with Crippen molar-refractivity contribution >= 4 is 24.0 Å². The van der Waals surface area contributed by atoms with E-state index in [1.807, 2.05) is 0 Å². The number of benzene rings is 1. The first-order valence-corrected chi connectivity index (χ1v) is 5.10. The van der Waals surface area contributed by atoms with Gasteiger partial charge < -0.3 is 10.5 Å². The maximum atomic E-state index is 11.8. The second-order valence-electron chi connectivity index (χ2n) is 3.31. The van der Waals surface area contributed by atoms with Gasteiger partial charge in [0.1, 0.15) is 5.75 Å². The molecule has 0 aliphatic carbocycles. The number of alkyl halides is 4. The Bertz CT molecular complexity index is 329. The van der Waals surface area contributed by atoms with E-state index in [4.69, 9.17) is 17.3 Å². The predicted octanol–water partition coefficient (Wildman–Crippen LogP) is 3.12. The van der Waals surface area contributed by atoms with E-state index in [1.165, 1.54) is 24.3 Å². The van der Waals surface area contributed by atoms with E-state index in [0.29, 0.717) is 12.3 Å². The molecule has 0 aliphatic rings. The summed E-state index contributed by atoms with van der Waals surface area (Å²) >= 11 is 5.52. The molecule has 0 radical (unpaired) electrons. The van der Waals surface area contributed by atoms with Gasteiger partial charge in [-0.3, -0.25) is 0 Å². The van der Waals surface area contributed by atoms with Crippen molar-refractivity contribution in [1.29, 1.82) is 0 Å². The highest BCUT2D eigenvalue weighted by atomic mass is 35.5. The Balaban J connectivity index is 0.00000256. The molecule has 0 amide bonds. The second kappa shape index (κ2) is 6.93. The molecule has 0 aromatic heterocycles. The first-order chi connectivity index (χ1) is 7.40. The molecule has 0 bridgehead atoms. The molecule has 1 aromatic rings. The van der Waals surface area contributed by atoms with E-state index in [-0.39, 0.29) is 24.2 Å². The van der Waals surface area contributed by atoms with Crippen molar-refractivity contribution in [2.45, 2.75) is 18.8 Å². The average molecular weight is 290 g/mol. The molecule has 0 saturated carbocycles. The Morgan fingerprint density at radius 1 is 1.24 bits per heavy atom. The van der Waals surface area contributed by atoms with Crippen molar-refractivity contribution in [1.82, 2.24) is 0 Å². The van der Waals surface area contributed by atoms with Crippen LogP contribution in [0.15, 0.2) is 24.3 Å². The van der Waals surface area contributed by atoms with Crippen LogP contribution in [0.2, 0.25) is 0 Å². The SMILES string of the molecule is Cl.NC(CCl)Cc1ccc(OC(F)(F)F)cc1. The van der Waals surface area contributed by atoms with E-state index in [1.54, 1.807) is 0 Å². The molecule has 17 heavy (non-hydrogen) atoms. The lowest BCUT2D eigenvalue weighted by atomic mass is 10.1. The van der Waals surface area contributed by atoms with Gasteiger partial charge in [-0.25, -0.2) is 0 Å². The van der Waals surface area contributed by atoms with Gasteiger partial charge in [0.05, 0.1) is 0 Å². The third kappa shape index (κ3) is 6.61. The van der Waals surface area contributed by atoms with Crippen molar-refractivity contribution in [3.05, 3.63) is 29.8 Å². The largest absolute Gasteiger partial charge is 0.573 e. The lowest BCUT2D eigenvalue weighted by Gasteiger charge is -2.10. The highest BCUT2D eigenvalue weighted by molar-refractivity contribution is 6.18. The molecular formula is C10H12Cl2F3NO. The minimum Gasteiger partial charge on any atom is -0.406 e. The van der Waals surface area contributed by atoms with Gasteiger partial charge in [-0.2, -0.15) is 0 Å². The van der Waals surface area contributed by atoms with Gasteiger partial charge in [-0.15, -0.1) is 37.2 Å². The van der Waals surface area contributed by atoms with Gasteiger partial charge in [0.15, 0.2) is 0 Å². The van der Waals surface area contributed by atoms with Crippen molar-refractivity contribution < 1.29 is 17.9 Å². The lowest BCUT2D eigenvalue weighted by molar-refractivity contribution is -0.274. The van der Waals surface area contributed by atoms with E-state index in [9.17, 15) is 13.2 Å². The normalized spacial score (nSPS) is 12.8. The zero-order valence-corrected chi connectivity index (χ0v) is 10.3. The van der Waals surface area contributed by atoms with Crippen LogP contribution in [0.5, 0.6) is 5.75 Å².